The van der Waals surface area contributed by atoms with E-state index in [-0.39, 0.29) is 0 Å². The third-order valence-corrected chi connectivity index (χ3v) is 6.58. The van der Waals surface area contributed by atoms with Gasteiger partial charge in [-0.25, -0.2) is 0 Å². The first kappa shape index (κ1) is 15.9. The van der Waals surface area contributed by atoms with Crippen LogP contribution in [0, 0.1) is 0 Å². The zero-order valence-corrected chi connectivity index (χ0v) is 14.7. The Bertz CT molecular complexity index is 566. The van der Waals surface area contributed by atoms with Gasteiger partial charge in [0.05, 0.1) is 13.1 Å². The van der Waals surface area contributed by atoms with Crippen LogP contribution >= 0.6 is 0 Å². The SMILES string of the molecule is c1ccc(CC[N+]23CC[N+](CCc4ccccc4)(CC2)CC3)cc1. The standard InChI is InChI=1S/C22H30N2/c1-3-7-21(8-4-1)11-13-23-15-18-24(19-16-23,20-17-23)14-12-22-9-5-2-6-10-22/h1-10H,11-20H2/q+2. The van der Waals surface area contributed by atoms with Crippen molar-refractivity contribution in [1.82, 2.24) is 0 Å². The summed E-state index contributed by atoms with van der Waals surface area (Å²) in [5, 5.41) is 0. The Balaban J connectivity index is 1.32. The fraction of sp³-hybridized carbons (Fsp3) is 0.455. The predicted molar refractivity (Wildman–Crippen MR) is 99.7 cm³/mol. The van der Waals surface area contributed by atoms with E-state index in [1.807, 2.05) is 0 Å². The van der Waals surface area contributed by atoms with Gasteiger partial charge in [-0.1, -0.05) is 60.7 Å². The van der Waals surface area contributed by atoms with Crippen LogP contribution in [0.25, 0.3) is 0 Å². The van der Waals surface area contributed by atoms with Crippen molar-refractivity contribution in [3.63, 3.8) is 0 Å². The lowest BCUT2D eigenvalue weighted by Gasteiger charge is -2.55. The van der Waals surface area contributed by atoms with Crippen LogP contribution in [-0.2, 0) is 12.8 Å². The highest BCUT2D eigenvalue weighted by Gasteiger charge is 2.48. The van der Waals surface area contributed by atoms with Crippen molar-refractivity contribution in [3.05, 3.63) is 71.8 Å². The smallest absolute Gasteiger partial charge is 0.129 e. The molecule has 0 unspecified atom stereocenters. The normalized spacial score (nSPS) is 28.8. The second kappa shape index (κ2) is 6.70. The van der Waals surface area contributed by atoms with Crippen LogP contribution < -0.4 is 0 Å². The number of hydrogen-bond acceptors (Lipinski definition) is 0. The molecule has 3 aliphatic heterocycles. The highest BCUT2D eigenvalue weighted by atomic mass is 15.5. The van der Waals surface area contributed by atoms with Crippen molar-refractivity contribution in [2.24, 2.45) is 0 Å². The minimum absolute atomic E-state index is 1.24. The van der Waals surface area contributed by atoms with Crippen LogP contribution in [0.4, 0.5) is 0 Å². The summed E-state index contributed by atoms with van der Waals surface area (Å²) in [7, 11) is 0. The van der Waals surface area contributed by atoms with Crippen LogP contribution in [0.15, 0.2) is 60.7 Å². The van der Waals surface area contributed by atoms with Gasteiger partial charge in [0.25, 0.3) is 0 Å². The lowest BCUT2D eigenvalue weighted by atomic mass is 10.0. The maximum absolute atomic E-state index is 2.28. The molecule has 0 aromatic heterocycles. The first-order chi connectivity index (χ1) is 11.8. The minimum Gasteiger partial charge on any atom is -0.309 e. The average molecular weight is 322 g/mol. The molecule has 3 heterocycles. The molecule has 24 heavy (non-hydrogen) atoms. The molecule has 0 amide bonds. The zero-order valence-electron chi connectivity index (χ0n) is 14.7. The van der Waals surface area contributed by atoms with E-state index < -0.39 is 0 Å². The number of nitrogens with zero attached hydrogens (tertiary/aromatic N) is 2. The van der Waals surface area contributed by atoms with Crippen molar-refractivity contribution >= 4 is 0 Å². The van der Waals surface area contributed by atoms with Gasteiger partial charge in [0, 0.05) is 12.8 Å². The molecule has 0 aliphatic carbocycles. The van der Waals surface area contributed by atoms with Gasteiger partial charge in [0.15, 0.2) is 0 Å². The number of quaternary nitrogens is 2. The molecule has 2 nitrogen and oxygen atoms in total. The number of rotatable bonds is 6. The fourth-order valence-corrected chi connectivity index (χ4v) is 4.64. The highest BCUT2D eigenvalue weighted by molar-refractivity contribution is 5.15. The average Bonchev–Trinajstić information content (AvgIpc) is 2.68. The molecule has 0 spiro atoms. The Morgan fingerprint density at radius 2 is 0.833 bits per heavy atom. The first-order valence-electron chi connectivity index (χ1n) is 9.56. The van der Waals surface area contributed by atoms with Crippen molar-refractivity contribution in [2.45, 2.75) is 12.8 Å². The summed E-state index contributed by atoms with van der Waals surface area (Å²) < 4.78 is 2.75. The van der Waals surface area contributed by atoms with E-state index in [0.29, 0.717) is 0 Å². The largest absolute Gasteiger partial charge is 0.309 e. The van der Waals surface area contributed by atoms with E-state index >= 15 is 0 Å². The molecule has 3 fully saturated rings. The van der Waals surface area contributed by atoms with Gasteiger partial charge in [-0.15, -0.1) is 0 Å². The molecule has 2 aromatic rings. The second-order valence-corrected chi connectivity index (χ2v) is 7.94. The number of fused-ring (bicyclic) bond motifs is 3. The Morgan fingerprint density at radius 3 is 1.17 bits per heavy atom. The molecule has 5 rings (SSSR count). The van der Waals surface area contributed by atoms with E-state index in [9.17, 15) is 0 Å². The van der Waals surface area contributed by atoms with Crippen molar-refractivity contribution in [1.29, 1.82) is 0 Å². The topological polar surface area (TPSA) is 0 Å². The minimum atomic E-state index is 1.24. The third-order valence-electron chi connectivity index (χ3n) is 6.58. The maximum atomic E-state index is 2.28. The van der Waals surface area contributed by atoms with Crippen molar-refractivity contribution < 1.29 is 8.97 Å². The Labute approximate surface area is 146 Å². The van der Waals surface area contributed by atoms with Crippen molar-refractivity contribution in [3.8, 4) is 0 Å². The summed E-state index contributed by atoms with van der Waals surface area (Å²) in [6, 6.07) is 22.1. The quantitative estimate of drug-likeness (QED) is 0.717. The monoisotopic (exact) mass is 322 g/mol. The molecule has 0 saturated carbocycles. The number of piperazine rings is 3. The summed E-state index contributed by atoms with van der Waals surface area (Å²) in [5.41, 5.74) is 3.01. The molecular formula is C22H30N2+2. The summed E-state index contributed by atoms with van der Waals surface area (Å²) in [6.07, 6.45) is 2.48. The summed E-state index contributed by atoms with van der Waals surface area (Å²) >= 11 is 0. The Hall–Kier alpha value is -1.64. The van der Waals surface area contributed by atoms with Gasteiger partial charge in [-0.05, 0) is 11.1 Å². The van der Waals surface area contributed by atoms with Crippen LogP contribution in [0.1, 0.15) is 11.1 Å². The lowest BCUT2D eigenvalue weighted by Crippen LogP contribution is -2.75. The first-order valence-corrected chi connectivity index (χ1v) is 9.56. The molecule has 2 bridgehead atoms. The van der Waals surface area contributed by atoms with E-state index in [1.165, 1.54) is 85.3 Å². The molecule has 126 valence electrons. The van der Waals surface area contributed by atoms with Gasteiger partial charge in [-0.3, -0.25) is 0 Å². The number of benzene rings is 2. The van der Waals surface area contributed by atoms with E-state index in [2.05, 4.69) is 60.7 Å². The highest BCUT2D eigenvalue weighted by Crippen LogP contribution is 2.27. The van der Waals surface area contributed by atoms with Gasteiger partial charge < -0.3 is 8.97 Å². The van der Waals surface area contributed by atoms with Crippen LogP contribution in [0.3, 0.4) is 0 Å². The van der Waals surface area contributed by atoms with E-state index in [4.69, 9.17) is 0 Å². The zero-order chi connectivity index (χ0) is 16.3. The van der Waals surface area contributed by atoms with Gasteiger partial charge in [-0.2, -0.15) is 0 Å². The molecule has 3 aliphatic rings. The lowest BCUT2D eigenvalue weighted by molar-refractivity contribution is -1.08. The molecular weight excluding hydrogens is 292 g/mol. The molecule has 2 heteroatoms. The fourth-order valence-electron chi connectivity index (χ4n) is 4.64. The Kier molecular flexibility index (Phi) is 4.43. The van der Waals surface area contributed by atoms with Gasteiger partial charge in [0.1, 0.15) is 39.3 Å². The predicted octanol–water partition coefficient (Wildman–Crippen LogP) is 3.13. The maximum Gasteiger partial charge on any atom is 0.129 e. The third kappa shape index (κ3) is 3.40. The van der Waals surface area contributed by atoms with Crippen molar-refractivity contribution in [2.75, 3.05) is 52.4 Å². The second-order valence-electron chi connectivity index (χ2n) is 7.94. The van der Waals surface area contributed by atoms with Crippen LogP contribution in [0.5, 0.6) is 0 Å². The summed E-state index contributed by atoms with van der Waals surface area (Å²) in [6.45, 7) is 11.0. The molecule has 0 atom stereocenters. The Morgan fingerprint density at radius 1 is 0.500 bits per heavy atom. The molecule has 2 aromatic carbocycles. The summed E-state index contributed by atoms with van der Waals surface area (Å²) in [4.78, 5) is 0. The van der Waals surface area contributed by atoms with E-state index in [1.54, 1.807) is 0 Å². The van der Waals surface area contributed by atoms with Gasteiger partial charge >= 0.3 is 0 Å². The van der Waals surface area contributed by atoms with Crippen LogP contribution in [-0.4, -0.2) is 61.3 Å². The summed E-state index contributed by atoms with van der Waals surface area (Å²) in [5.74, 6) is 0. The van der Waals surface area contributed by atoms with E-state index in [0.717, 1.165) is 0 Å². The molecule has 3 saturated heterocycles. The molecule has 0 N–H and O–H groups in total. The molecule has 0 radical (unpaired) electrons. The van der Waals surface area contributed by atoms with Gasteiger partial charge in [0.2, 0.25) is 0 Å². The van der Waals surface area contributed by atoms with Crippen LogP contribution in [0.2, 0.25) is 0 Å². The number of hydrogen-bond donors (Lipinski definition) is 0.